The number of hydrogen-bond donors (Lipinski definition) is 2. The molecule has 0 spiro atoms. The van der Waals surface area contributed by atoms with Crippen LogP contribution >= 0.6 is 0 Å². The molecule has 4 aromatic rings. The number of anilines is 2. The van der Waals surface area contributed by atoms with Crippen LogP contribution in [0, 0.1) is 6.92 Å². The molecule has 124 valence electrons. The highest BCUT2D eigenvalue weighted by molar-refractivity contribution is 6.09. The number of nitrogens with one attached hydrogen (secondary N) is 1. The zero-order valence-corrected chi connectivity index (χ0v) is 13.3. The molecule has 0 saturated heterocycles. The van der Waals surface area contributed by atoms with Crippen LogP contribution in [0.4, 0.5) is 11.5 Å². The Kier molecular flexibility index (Phi) is 3.42. The minimum Gasteiger partial charge on any atom is -0.384 e. The van der Waals surface area contributed by atoms with Gasteiger partial charge in [-0.25, -0.2) is 9.50 Å². The van der Waals surface area contributed by atoms with E-state index in [1.165, 1.54) is 17.0 Å². The number of carbonyl (C=O) groups is 1. The van der Waals surface area contributed by atoms with Gasteiger partial charge in [0, 0.05) is 11.8 Å². The summed E-state index contributed by atoms with van der Waals surface area (Å²) in [5.41, 5.74) is 9.33. The van der Waals surface area contributed by atoms with Crippen LogP contribution in [0.3, 0.4) is 0 Å². The lowest BCUT2D eigenvalue weighted by molar-refractivity contribution is 0.102. The van der Waals surface area contributed by atoms with Crippen molar-refractivity contribution < 1.29 is 9.32 Å². The van der Waals surface area contributed by atoms with Crippen molar-refractivity contribution in [1.82, 2.24) is 19.8 Å². The fourth-order valence-corrected chi connectivity index (χ4v) is 2.59. The van der Waals surface area contributed by atoms with Crippen LogP contribution < -0.4 is 11.1 Å². The average Bonchev–Trinajstić information content (AvgIpc) is 3.21. The van der Waals surface area contributed by atoms with Crippen molar-refractivity contribution in [3.8, 4) is 11.3 Å². The van der Waals surface area contributed by atoms with Crippen molar-refractivity contribution in [2.75, 3.05) is 11.1 Å². The van der Waals surface area contributed by atoms with Gasteiger partial charge in [-0.05, 0) is 18.6 Å². The zero-order valence-electron chi connectivity index (χ0n) is 13.3. The number of nitrogens with zero attached hydrogens (tertiary/aromatic N) is 4. The second kappa shape index (κ2) is 5.75. The monoisotopic (exact) mass is 334 g/mol. The molecule has 3 aromatic heterocycles. The van der Waals surface area contributed by atoms with Gasteiger partial charge in [-0.2, -0.15) is 5.10 Å². The van der Waals surface area contributed by atoms with Gasteiger partial charge in [0.15, 0.2) is 5.65 Å². The third-order valence-corrected chi connectivity index (χ3v) is 3.85. The standard InChI is InChI=1S/C17H14N6O2/c1-10-4-2-3-5-11(10)15-13(9-25-22-15)20-17(24)12-8-19-23-7-6-14(18)21-16(12)23/h2-9H,1H3,(H2,18,21)(H,20,24). The normalized spacial score (nSPS) is 10.9. The number of aromatic nitrogens is 4. The van der Waals surface area contributed by atoms with E-state index in [2.05, 4.69) is 20.6 Å². The maximum atomic E-state index is 12.7. The van der Waals surface area contributed by atoms with Crippen molar-refractivity contribution in [3.63, 3.8) is 0 Å². The Bertz CT molecular complexity index is 1080. The molecule has 0 radical (unpaired) electrons. The molecule has 4 rings (SSSR count). The molecule has 0 aliphatic rings. The molecule has 3 heterocycles. The number of fused-ring (bicyclic) bond motifs is 1. The minimum absolute atomic E-state index is 0.309. The first kappa shape index (κ1) is 14.9. The van der Waals surface area contributed by atoms with Gasteiger partial charge in [-0.1, -0.05) is 29.4 Å². The van der Waals surface area contributed by atoms with Crippen LogP contribution in [0.1, 0.15) is 15.9 Å². The number of nitrogen functional groups attached to an aromatic ring is 1. The lowest BCUT2D eigenvalue weighted by Crippen LogP contribution is -2.12. The van der Waals surface area contributed by atoms with Crippen molar-refractivity contribution in [2.45, 2.75) is 6.92 Å². The van der Waals surface area contributed by atoms with E-state index in [9.17, 15) is 4.79 Å². The molecule has 1 amide bonds. The largest absolute Gasteiger partial charge is 0.384 e. The highest BCUT2D eigenvalue weighted by atomic mass is 16.5. The van der Waals surface area contributed by atoms with Gasteiger partial charge in [0.2, 0.25) is 0 Å². The van der Waals surface area contributed by atoms with Gasteiger partial charge < -0.3 is 15.6 Å². The Hall–Kier alpha value is -3.68. The molecule has 0 unspecified atom stereocenters. The summed E-state index contributed by atoms with van der Waals surface area (Å²) in [6, 6.07) is 9.33. The Morgan fingerprint density at radius 1 is 1.28 bits per heavy atom. The van der Waals surface area contributed by atoms with Crippen LogP contribution in [0.15, 0.2) is 53.5 Å². The summed E-state index contributed by atoms with van der Waals surface area (Å²) in [4.78, 5) is 16.8. The van der Waals surface area contributed by atoms with Crippen molar-refractivity contribution in [3.05, 3.63) is 60.1 Å². The first-order valence-corrected chi connectivity index (χ1v) is 7.55. The van der Waals surface area contributed by atoms with E-state index in [1.54, 1.807) is 12.3 Å². The maximum Gasteiger partial charge on any atom is 0.261 e. The molecule has 8 heteroatoms. The van der Waals surface area contributed by atoms with Crippen LogP contribution in [-0.4, -0.2) is 25.7 Å². The number of amides is 1. The van der Waals surface area contributed by atoms with E-state index >= 15 is 0 Å². The summed E-state index contributed by atoms with van der Waals surface area (Å²) in [6.45, 7) is 1.97. The number of hydrogen-bond acceptors (Lipinski definition) is 6. The van der Waals surface area contributed by atoms with Gasteiger partial charge in [0.05, 0.1) is 6.20 Å². The molecule has 0 fully saturated rings. The summed E-state index contributed by atoms with van der Waals surface area (Å²) >= 11 is 0. The molecular formula is C17H14N6O2. The fourth-order valence-electron chi connectivity index (χ4n) is 2.59. The molecule has 0 atom stereocenters. The third-order valence-electron chi connectivity index (χ3n) is 3.85. The van der Waals surface area contributed by atoms with Gasteiger partial charge in [0.25, 0.3) is 5.91 Å². The number of carbonyl (C=O) groups excluding carboxylic acids is 1. The molecular weight excluding hydrogens is 320 g/mol. The molecule has 0 aliphatic heterocycles. The Morgan fingerprint density at radius 2 is 2.12 bits per heavy atom. The lowest BCUT2D eigenvalue weighted by Gasteiger charge is -2.06. The predicted octanol–water partition coefficient (Wildman–Crippen LogP) is 2.53. The first-order chi connectivity index (χ1) is 12.1. The highest BCUT2D eigenvalue weighted by Gasteiger charge is 2.19. The molecule has 25 heavy (non-hydrogen) atoms. The smallest absolute Gasteiger partial charge is 0.261 e. The second-order valence-corrected chi connectivity index (χ2v) is 5.52. The zero-order chi connectivity index (χ0) is 17.4. The van der Waals surface area contributed by atoms with E-state index in [4.69, 9.17) is 10.3 Å². The quantitative estimate of drug-likeness (QED) is 0.595. The highest BCUT2D eigenvalue weighted by Crippen LogP contribution is 2.29. The number of benzene rings is 1. The van der Waals surface area contributed by atoms with Gasteiger partial charge in [0.1, 0.15) is 29.0 Å². The Morgan fingerprint density at radius 3 is 2.96 bits per heavy atom. The van der Waals surface area contributed by atoms with E-state index in [1.807, 2.05) is 31.2 Å². The van der Waals surface area contributed by atoms with Gasteiger partial charge in [-0.3, -0.25) is 4.79 Å². The van der Waals surface area contributed by atoms with Crippen LogP contribution in [0.25, 0.3) is 16.9 Å². The summed E-state index contributed by atoms with van der Waals surface area (Å²) in [5.74, 6) is -0.0567. The van der Waals surface area contributed by atoms with Crippen LogP contribution in [0.5, 0.6) is 0 Å². The third kappa shape index (κ3) is 2.59. The molecule has 8 nitrogen and oxygen atoms in total. The fraction of sp³-hybridized carbons (Fsp3) is 0.0588. The summed E-state index contributed by atoms with van der Waals surface area (Å²) < 4.78 is 6.55. The number of rotatable bonds is 3. The lowest BCUT2D eigenvalue weighted by atomic mass is 10.1. The summed E-state index contributed by atoms with van der Waals surface area (Å²) in [7, 11) is 0. The Balaban J connectivity index is 1.69. The molecule has 0 aliphatic carbocycles. The minimum atomic E-state index is -0.369. The van der Waals surface area contributed by atoms with Crippen molar-refractivity contribution in [1.29, 1.82) is 0 Å². The topological polar surface area (TPSA) is 111 Å². The average molecular weight is 334 g/mol. The first-order valence-electron chi connectivity index (χ1n) is 7.55. The predicted molar refractivity (Wildman–Crippen MR) is 92.0 cm³/mol. The van der Waals surface area contributed by atoms with E-state index in [-0.39, 0.29) is 5.91 Å². The van der Waals surface area contributed by atoms with E-state index in [0.717, 1.165) is 11.1 Å². The van der Waals surface area contributed by atoms with Crippen molar-refractivity contribution in [2.24, 2.45) is 0 Å². The van der Waals surface area contributed by atoms with Crippen LogP contribution in [-0.2, 0) is 0 Å². The molecule has 0 saturated carbocycles. The number of aryl methyl sites for hydroxylation is 1. The summed E-state index contributed by atoms with van der Waals surface area (Å²) in [5, 5.41) is 10.9. The van der Waals surface area contributed by atoms with Crippen LogP contribution in [0.2, 0.25) is 0 Å². The molecule has 0 bridgehead atoms. The van der Waals surface area contributed by atoms with Gasteiger partial charge >= 0.3 is 0 Å². The van der Waals surface area contributed by atoms with Crippen molar-refractivity contribution >= 4 is 23.1 Å². The summed E-state index contributed by atoms with van der Waals surface area (Å²) in [6.07, 6.45) is 4.48. The number of nitrogens with two attached hydrogens (primary N) is 1. The maximum absolute atomic E-state index is 12.7. The molecule has 3 N–H and O–H groups in total. The van der Waals surface area contributed by atoms with Gasteiger partial charge in [-0.15, -0.1) is 0 Å². The Labute approximate surface area is 142 Å². The van der Waals surface area contributed by atoms with E-state index in [0.29, 0.717) is 28.4 Å². The molecule has 1 aromatic carbocycles. The second-order valence-electron chi connectivity index (χ2n) is 5.52. The van der Waals surface area contributed by atoms with E-state index < -0.39 is 0 Å². The SMILES string of the molecule is Cc1ccccc1-c1nocc1NC(=O)c1cnn2ccc(N)nc12.